The first-order valence-electron chi connectivity index (χ1n) is 11.7. The third kappa shape index (κ3) is 7.73. The minimum absolute atomic E-state index is 0.0234. The lowest BCUT2D eigenvalue weighted by molar-refractivity contribution is -0.145. The monoisotopic (exact) mass is 483 g/mol. The highest BCUT2D eigenvalue weighted by molar-refractivity contribution is 5.99. The lowest BCUT2D eigenvalue weighted by atomic mass is 9.92. The summed E-state index contributed by atoms with van der Waals surface area (Å²) in [4.78, 5) is 40.9. The SMILES string of the molecule is CCC(C)(C)N(C(=O)CNC(=O)OC(C)(C)C)C(C(=O)Nc1ccccc1C)c1cccc(O)c1. The third-order valence-corrected chi connectivity index (χ3v) is 5.66. The predicted octanol–water partition coefficient (Wildman–Crippen LogP) is 4.92. The van der Waals surface area contributed by atoms with Crippen LogP contribution >= 0.6 is 0 Å². The van der Waals surface area contributed by atoms with E-state index in [-0.39, 0.29) is 12.3 Å². The van der Waals surface area contributed by atoms with Gasteiger partial charge in [0.25, 0.3) is 5.91 Å². The van der Waals surface area contributed by atoms with E-state index in [1.165, 1.54) is 17.0 Å². The Morgan fingerprint density at radius 1 is 1.03 bits per heavy atom. The Kier molecular flexibility index (Phi) is 8.90. The molecule has 0 saturated carbocycles. The van der Waals surface area contributed by atoms with Crippen molar-refractivity contribution in [2.24, 2.45) is 0 Å². The summed E-state index contributed by atoms with van der Waals surface area (Å²) < 4.78 is 5.25. The van der Waals surface area contributed by atoms with Crippen LogP contribution in [0.4, 0.5) is 10.5 Å². The number of carbonyl (C=O) groups excluding carboxylic acids is 3. The minimum atomic E-state index is -1.07. The van der Waals surface area contributed by atoms with E-state index in [0.717, 1.165) is 5.56 Å². The fourth-order valence-electron chi connectivity index (χ4n) is 3.58. The molecule has 3 amide bonds. The summed E-state index contributed by atoms with van der Waals surface area (Å²) in [5.74, 6) is -0.919. The van der Waals surface area contributed by atoms with Crippen LogP contribution in [-0.2, 0) is 14.3 Å². The summed E-state index contributed by atoms with van der Waals surface area (Å²) in [6.45, 7) is 12.3. The van der Waals surface area contributed by atoms with Gasteiger partial charge in [0.15, 0.2) is 0 Å². The molecule has 190 valence electrons. The highest BCUT2D eigenvalue weighted by Crippen LogP contribution is 2.33. The molecule has 2 aromatic carbocycles. The van der Waals surface area contributed by atoms with Crippen molar-refractivity contribution >= 4 is 23.6 Å². The van der Waals surface area contributed by atoms with E-state index in [1.807, 2.05) is 45.9 Å². The Labute approximate surface area is 207 Å². The second-order valence-electron chi connectivity index (χ2n) is 10.1. The number of amides is 3. The van der Waals surface area contributed by atoms with Gasteiger partial charge in [0.2, 0.25) is 5.91 Å². The van der Waals surface area contributed by atoms with Gasteiger partial charge in [0.1, 0.15) is 23.9 Å². The number of para-hydroxylation sites is 1. The molecule has 0 aliphatic heterocycles. The molecule has 1 atom stereocenters. The number of nitrogens with one attached hydrogen (secondary N) is 2. The molecule has 0 aliphatic carbocycles. The van der Waals surface area contributed by atoms with Crippen LogP contribution in [0, 0.1) is 6.92 Å². The largest absolute Gasteiger partial charge is 0.508 e. The summed E-state index contributed by atoms with van der Waals surface area (Å²) >= 11 is 0. The number of phenols is 1. The molecule has 2 rings (SSSR count). The zero-order valence-corrected chi connectivity index (χ0v) is 21.6. The minimum Gasteiger partial charge on any atom is -0.508 e. The van der Waals surface area contributed by atoms with Gasteiger partial charge in [-0.1, -0.05) is 37.3 Å². The van der Waals surface area contributed by atoms with Crippen LogP contribution in [0.25, 0.3) is 0 Å². The standard InChI is InChI=1S/C27H37N3O5/c1-8-27(6,7)30(22(32)17-28-25(34)35-26(3,4)5)23(19-13-11-14-20(31)16-19)24(33)29-21-15-10-9-12-18(21)2/h9-16,23,31H,8,17H2,1-7H3,(H,28,34)(H,29,33). The number of rotatable bonds is 8. The highest BCUT2D eigenvalue weighted by Gasteiger charge is 2.40. The van der Waals surface area contributed by atoms with E-state index < -0.39 is 35.1 Å². The van der Waals surface area contributed by atoms with Crippen molar-refractivity contribution in [1.82, 2.24) is 10.2 Å². The average molecular weight is 484 g/mol. The number of phenolic OH excluding ortho intramolecular Hbond substituents is 1. The van der Waals surface area contributed by atoms with E-state index in [0.29, 0.717) is 17.7 Å². The van der Waals surface area contributed by atoms with E-state index in [1.54, 1.807) is 39.0 Å². The highest BCUT2D eigenvalue weighted by atomic mass is 16.6. The van der Waals surface area contributed by atoms with Crippen molar-refractivity contribution in [1.29, 1.82) is 0 Å². The van der Waals surface area contributed by atoms with Crippen LogP contribution in [0.5, 0.6) is 5.75 Å². The number of benzene rings is 2. The maximum Gasteiger partial charge on any atom is 0.408 e. The van der Waals surface area contributed by atoms with Gasteiger partial charge < -0.3 is 25.4 Å². The fraction of sp³-hybridized carbons (Fsp3) is 0.444. The summed E-state index contributed by atoms with van der Waals surface area (Å²) in [7, 11) is 0. The molecule has 3 N–H and O–H groups in total. The number of carbonyl (C=O) groups is 3. The Hall–Kier alpha value is -3.55. The summed E-state index contributed by atoms with van der Waals surface area (Å²) in [6.07, 6.45) is -0.184. The summed E-state index contributed by atoms with van der Waals surface area (Å²) in [5, 5.41) is 15.6. The molecule has 0 radical (unpaired) electrons. The van der Waals surface area contributed by atoms with Gasteiger partial charge in [-0.2, -0.15) is 0 Å². The van der Waals surface area contributed by atoms with Crippen LogP contribution in [0.3, 0.4) is 0 Å². The molecule has 0 saturated heterocycles. The predicted molar refractivity (Wildman–Crippen MR) is 136 cm³/mol. The maximum absolute atomic E-state index is 13.7. The number of aromatic hydroxyl groups is 1. The van der Waals surface area contributed by atoms with Gasteiger partial charge in [-0.3, -0.25) is 9.59 Å². The smallest absolute Gasteiger partial charge is 0.408 e. The van der Waals surface area contributed by atoms with Crippen molar-refractivity contribution in [3.8, 4) is 5.75 Å². The first kappa shape index (κ1) is 27.7. The summed E-state index contributed by atoms with van der Waals surface area (Å²) in [5.41, 5.74) is 0.466. The van der Waals surface area contributed by atoms with Crippen LogP contribution < -0.4 is 10.6 Å². The number of hydrogen-bond acceptors (Lipinski definition) is 5. The molecule has 0 aromatic heterocycles. The zero-order valence-electron chi connectivity index (χ0n) is 21.6. The Morgan fingerprint density at radius 3 is 2.26 bits per heavy atom. The molecular weight excluding hydrogens is 446 g/mol. The van der Waals surface area contributed by atoms with Gasteiger partial charge in [-0.25, -0.2) is 4.79 Å². The first-order valence-corrected chi connectivity index (χ1v) is 11.7. The normalized spacial score (nSPS) is 12.4. The Morgan fingerprint density at radius 2 is 1.69 bits per heavy atom. The van der Waals surface area contributed by atoms with Crippen LogP contribution in [0.15, 0.2) is 48.5 Å². The van der Waals surface area contributed by atoms with Gasteiger partial charge in [0, 0.05) is 11.2 Å². The maximum atomic E-state index is 13.7. The average Bonchev–Trinajstić information content (AvgIpc) is 2.76. The number of ether oxygens (including phenoxy) is 1. The quantitative estimate of drug-likeness (QED) is 0.494. The molecule has 8 nitrogen and oxygen atoms in total. The molecule has 0 fully saturated rings. The molecule has 0 spiro atoms. The van der Waals surface area contributed by atoms with Gasteiger partial charge >= 0.3 is 6.09 Å². The number of alkyl carbamates (subject to hydrolysis) is 1. The number of anilines is 1. The van der Waals surface area contributed by atoms with Crippen LogP contribution in [-0.4, -0.2) is 45.6 Å². The van der Waals surface area contributed by atoms with Crippen molar-refractivity contribution in [3.63, 3.8) is 0 Å². The second-order valence-corrected chi connectivity index (χ2v) is 10.1. The first-order chi connectivity index (χ1) is 16.2. The second kappa shape index (κ2) is 11.3. The number of aryl methyl sites for hydroxylation is 1. The van der Waals surface area contributed by atoms with Gasteiger partial charge in [-0.05, 0) is 77.3 Å². The molecule has 0 bridgehead atoms. The third-order valence-electron chi connectivity index (χ3n) is 5.66. The van der Waals surface area contributed by atoms with Crippen molar-refractivity contribution in [3.05, 3.63) is 59.7 Å². The lowest BCUT2D eigenvalue weighted by Crippen LogP contribution is -2.55. The van der Waals surface area contributed by atoms with Gasteiger partial charge in [-0.15, -0.1) is 0 Å². The lowest BCUT2D eigenvalue weighted by Gasteiger charge is -2.43. The molecular formula is C27H37N3O5. The fourth-order valence-corrected chi connectivity index (χ4v) is 3.58. The van der Waals surface area contributed by atoms with E-state index in [2.05, 4.69) is 10.6 Å². The zero-order chi connectivity index (χ0) is 26.4. The molecule has 8 heteroatoms. The topological polar surface area (TPSA) is 108 Å². The summed E-state index contributed by atoms with van der Waals surface area (Å²) in [6, 6.07) is 12.6. The molecule has 0 heterocycles. The number of hydrogen-bond donors (Lipinski definition) is 3. The van der Waals surface area contributed by atoms with Crippen LogP contribution in [0.2, 0.25) is 0 Å². The molecule has 35 heavy (non-hydrogen) atoms. The molecule has 2 aromatic rings. The van der Waals surface area contributed by atoms with E-state index in [4.69, 9.17) is 4.74 Å². The van der Waals surface area contributed by atoms with Crippen molar-refractivity contribution in [2.75, 3.05) is 11.9 Å². The molecule has 0 aliphatic rings. The Bertz CT molecular complexity index is 1060. The van der Waals surface area contributed by atoms with Crippen molar-refractivity contribution in [2.45, 2.75) is 72.1 Å². The Balaban J connectivity index is 2.47. The van der Waals surface area contributed by atoms with E-state index in [9.17, 15) is 19.5 Å². The number of nitrogens with zero attached hydrogens (tertiary/aromatic N) is 1. The van der Waals surface area contributed by atoms with Gasteiger partial charge in [0.05, 0.1) is 0 Å². The van der Waals surface area contributed by atoms with Crippen molar-refractivity contribution < 1.29 is 24.2 Å². The van der Waals surface area contributed by atoms with Crippen LogP contribution in [0.1, 0.15) is 65.1 Å². The molecule has 1 unspecified atom stereocenters. The van der Waals surface area contributed by atoms with E-state index >= 15 is 0 Å².